The third-order valence-corrected chi connectivity index (χ3v) is 3.39. The number of aryl methyl sites for hydroxylation is 1. The minimum Gasteiger partial charge on any atom is -0.426 e. The van der Waals surface area contributed by atoms with E-state index < -0.39 is 0 Å². The van der Waals surface area contributed by atoms with Gasteiger partial charge in [-0.25, -0.2) is 0 Å². The van der Waals surface area contributed by atoms with Crippen LogP contribution < -0.4 is 10.5 Å². The summed E-state index contributed by atoms with van der Waals surface area (Å²) in [6, 6.07) is 5.32. The number of rotatable bonds is 2. The number of hydrogen-bond donors (Lipinski definition) is 1. The average Bonchev–Trinajstić information content (AvgIpc) is 2.69. The molecule has 0 saturated heterocycles. The monoisotopic (exact) mass is 358 g/mol. The van der Waals surface area contributed by atoms with Gasteiger partial charge >= 0.3 is 0 Å². The minimum atomic E-state index is 0.418. The van der Waals surface area contributed by atoms with Crippen LogP contribution in [0.5, 0.6) is 10.9 Å². The van der Waals surface area contributed by atoms with E-state index in [0.717, 1.165) is 15.1 Å². The maximum absolute atomic E-state index is 8.80. The van der Waals surface area contributed by atoms with Crippen LogP contribution in [-0.2, 0) is 0 Å². The van der Waals surface area contributed by atoms with Crippen molar-refractivity contribution >= 4 is 39.8 Å². The fourth-order valence-corrected chi connectivity index (χ4v) is 2.50. The van der Waals surface area contributed by atoms with Gasteiger partial charge in [0.15, 0.2) is 5.75 Å². The highest BCUT2D eigenvalue weighted by molar-refractivity contribution is 14.1. The number of anilines is 1. The first kappa shape index (κ1) is 12.1. The summed E-state index contributed by atoms with van der Waals surface area (Å²) in [7, 11) is 0. The minimum absolute atomic E-state index is 0.418. The summed E-state index contributed by atoms with van der Waals surface area (Å²) in [4.78, 5) is 4.09. The summed E-state index contributed by atoms with van der Waals surface area (Å²) < 4.78 is 10.3. The second kappa shape index (κ2) is 4.85. The summed E-state index contributed by atoms with van der Waals surface area (Å²) >= 11 is 3.23. The molecule has 0 bridgehead atoms. The molecule has 0 aliphatic carbocycles. The zero-order chi connectivity index (χ0) is 12.4. The van der Waals surface area contributed by atoms with E-state index in [1.54, 1.807) is 19.1 Å². The predicted molar refractivity (Wildman–Crippen MR) is 73.0 cm³/mol. The largest absolute Gasteiger partial charge is 0.426 e. The van der Waals surface area contributed by atoms with E-state index in [-0.39, 0.29) is 0 Å². The van der Waals surface area contributed by atoms with Crippen LogP contribution in [0.4, 0.5) is 5.69 Å². The molecule has 7 heteroatoms. The number of nitrogens with zero attached hydrogens (tertiary/aromatic N) is 3. The molecule has 17 heavy (non-hydrogen) atoms. The van der Waals surface area contributed by atoms with Gasteiger partial charge < -0.3 is 10.5 Å². The molecule has 0 unspecified atom stereocenters. The van der Waals surface area contributed by atoms with Crippen LogP contribution in [-0.4, -0.2) is 9.36 Å². The molecule has 0 amide bonds. The zero-order valence-electron chi connectivity index (χ0n) is 8.77. The number of hydrogen-bond acceptors (Lipinski definition) is 6. The lowest BCUT2D eigenvalue weighted by atomic mass is 10.2. The maximum Gasteiger partial charge on any atom is 0.298 e. The molecule has 86 valence electrons. The molecule has 1 aromatic heterocycles. The number of ether oxygens (including phenoxy) is 1. The molecule has 5 nitrogen and oxygen atoms in total. The van der Waals surface area contributed by atoms with Crippen LogP contribution in [0.15, 0.2) is 12.1 Å². The smallest absolute Gasteiger partial charge is 0.298 e. The van der Waals surface area contributed by atoms with Crippen molar-refractivity contribution in [1.29, 1.82) is 5.26 Å². The van der Waals surface area contributed by atoms with Crippen LogP contribution in [0.1, 0.15) is 11.4 Å². The summed E-state index contributed by atoms with van der Waals surface area (Å²) in [5, 5.41) is 9.24. The molecule has 0 fully saturated rings. The van der Waals surface area contributed by atoms with E-state index in [1.165, 1.54) is 0 Å². The Labute approximate surface area is 116 Å². The molecule has 2 aromatic rings. The van der Waals surface area contributed by atoms with Crippen molar-refractivity contribution in [2.75, 3.05) is 5.73 Å². The van der Waals surface area contributed by atoms with Crippen molar-refractivity contribution in [1.82, 2.24) is 9.36 Å². The van der Waals surface area contributed by atoms with Crippen LogP contribution in [0, 0.1) is 21.8 Å². The lowest BCUT2D eigenvalue weighted by molar-refractivity contribution is 0.477. The van der Waals surface area contributed by atoms with Gasteiger partial charge in [-0.3, -0.25) is 0 Å². The van der Waals surface area contributed by atoms with Gasteiger partial charge in [-0.2, -0.15) is 14.6 Å². The van der Waals surface area contributed by atoms with Crippen molar-refractivity contribution in [3.8, 4) is 17.0 Å². The topological polar surface area (TPSA) is 84.8 Å². The quantitative estimate of drug-likeness (QED) is 0.659. The standard InChI is InChI=1S/C10H7IN4OS/c1-5-14-10(17-15-5)16-9-7(11)2-6(4-12)3-8(9)13/h2-3H,13H2,1H3. The van der Waals surface area contributed by atoms with Gasteiger partial charge in [0, 0.05) is 11.5 Å². The lowest BCUT2D eigenvalue weighted by Crippen LogP contribution is -1.96. The predicted octanol–water partition coefficient (Wildman–Crippen LogP) is 2.70. The molecule has 0 saturated carbocycles. The number of aromatic nitrogens is 2. The highest BCUT2D eigenvalue weighted by Crippen LogP contribution is 2.34. The van der Waals surface area contributed by atoms with Gasteiger partial charge in [0.25, 0.3) is 5.19 Å². The van der Waals surface area contributed by atoms with Gasteiger partial charge in [-0.15, -0.1) is 0 Å². The number of benzene rings is 1. The molecule has 2 rings (SSSR count). The van der Waals surface area contributed by atoms with Gasteiger partial charge in [-0.1, -0.05) is 0 Å². The van der Waals surface area contributed by atoms with Crippen LogP contribution in [0.25, 0.3) is 0 Å². The normalized spacial score (nSPS) is 9.94. The Morgan fingerprint density at radius 2 is 2.29 bits per heavy atom. The van der Waals surface area contributed by atoms with Crippen LogP contribution >= 0.6 is 34.1 Å². The van der Waals surface area contributed by atoms with E-state index in [9.17, 15) is 0 Å². The molecule has 2 N–H and O–H groups in total. The van der Waals surface area contributed by atoms with Crippen molar-refractivity contribution < 1.29 is 4.74 Å². The molecule has 1 heterocycles. The number of halogens is 1. The van der Waals surface area contributed by atoms with E-state index in [1.807, 2.05) is 6.07 Å². The highest BCUT2D eigenvalue weighted by atomic mass is 127. The molecular formula is C10H7IN4OS. The Morgan fingerprint density at radius 3 is 2.82 bits per heavy atom. The van der Waals surface area contributed by atoms with Gasteiger partial charge in [0.1, 0.15) is 5.82 Å². The van der Waals surface area contributed by atoms with E-state index >= 15 is 0 Å². The van der Waals surface area contributed by atoms with Crippen LogP contribution in [0.3, 0.4) is 0 Å². The Morgan fingerprint density at radius 1 is 1.53 bits per heavy atom. The van der Waals surface area contributed by atoms with Gasteiger partial charge in [0.05, 0.1) is 20.9 Å². The van der Waals surface area contributed by atoms with E-state index in [0.29, 0.717) is 28.0 Å². The first-order valence-electron chi connectivity index (χ1n) is 4.57. The zero-order valence-corrected chi connectivity index (χ0v) is 11.7. The number of nitrogen functional groups attached to an aromatic ring is 1. The van der Waals surface area contributed by atoms with Crippen molar-refractivity contribution in [3.63, 3.8) is 0 Å². The summed E-state index contributed by atoms with van der Waals surface area (Å²) in [5.74, 6) is 1.17. The molecule has 0 spiro atoms. The fraction of sp³-hybridized carbons (Fsp3) is 0.100. The van der Waals surface area contributed by atoms with E-state index in [4.69, 9.17) is 15.7 Å². The lowest BCUT2D eigenvalue weighted by Gasteiger charge is -2.07. The first-order valence-corrected chi connectivity index (χ1v) is 6.42. The Bertz CT molecular complexity index is 582. The summed E-state index contributed by atoms with van der Waals surface area (Å²) in [5.41, 5.74) is 6.75. The third kappa shape index (κ3) is 2.65. The summed E-state index contributed by atoms with van der Waals surface area (Å²) in [6.45, 7) is 1.79. The molecule has 0 aliphatic rings. The average molecular weight is 358 g/mol. The van der Waals surface area contributed by atoms with Crippen molar-refractivity contribution in [2.45, 2.75) is 6.92 Å². The third-order valence-electron chi connectivity index (χ3n) is 1.90. The Kier molecular flexibility index (Phi) is 3.44. The van der Waals surface area contributed by atoms with Gasteiger partial charge in [0.2, 0.25) is 0 Å². The maximum atomic E-state index is 8.80. The Balaban J connectivity index is 2.37. The second-order valence-electron chi connectivity index (χ2n) is 3.20. The number of nitriles is 1. The SMILES string of the molecule is Cc1nsc(Oc2c(N)cc(C#N)cc2I)n1. The Hall–Kier alpha value is -1.40. The fourth-order valence-electron chi connectivity index (χ4n) is 1.19. The van der Waals surface area contributed by atoms with Crippen LogP contribution in [0.2, 0.25) is 0 Å². The number of nitrogens with two attached hydrogens (primary N) is 1. The summed E-state index contributed by atoms with van der Waals surface area (Å²) in [6.07, 6.45) is 0. The van der Waals surface area contributed by atoms with Crippen molar-refractivity contribution in [3.05, 3.63) is 27.1 Å². The highest BCUT2D eigenvalue weighted by Gasteiger charge is 2.11. The van der Waals surface area contributed by atoms with Gasteiger partial charge in [-0.05, 0) is 41.6 Å². The molecule has 0 radical (unpaired) electrons. The molecular weight excluding hydrogens is 351 g/mol. The van der Waals surface area contributed by atoms with Crippen molar-refractivity contribution in [2.24, 2.45) is 0 Å². The molecule has 0 aliphatic heterocycles. The molecule has 1 aromatic carbocycles. The molecule has 0 atom stereocenters. The second-order valence-corrected chi connectivity index (χ2v) is 5.07. The van der Waals surface area contributed by atoms with E-state index in [2.05, 4.69) is 31.9 Å². The first-order chi connectivity index (χ1) is 8.10.